The van der Waals surface area contributed by atoms with E-state index in [9.17, 15) is 13.2 Å². The van der Waals surface area contributed by atoms with Crippen LogP contribution < -0.4 is 0 Å². The lowest BCUT2D eigenvalue weighted by atomic mass is 10.2. The van der Waals surface area contributed by atoms with Crippen molar-refractivity contribution in [2.45, 2.75) is 45.7 Å². The summed E-state index contributed by atoms with van der Waals surface area (Å²) in [5.74, 6) is 0. The quantitative estimate of drug-likeness (QED) is 0.557. The van der Waals surface area contributed by atoms with Crippen LogP contribution in [0.15, 0.2) is 4.99 Å². The first-order valence-electron chi connectivity index (χ1n) is 6.41. The van der Waals surface area contributed by atoms with Crippen molar-refractivity contribution in [3.05, 3.63) is 0 Å². The van der Waals surface area contributed by atoms with Gasteiger partial charge in [0.05, 0.1) is 0 Å². The molecule has 7 heteroatoms. The van der Waals surface area contributed by atoms with Gasteiger partial charge in [0.1, 0.15) is 6.17 Å². The maximum absolute atomic E-state index is 12.4. The molecule has 1 unspecified atom stereocenters. The Kier molecular flexibility index (Phi) is 5.95. The molecule has 0 bridgehead atoms. The molecule has 1 aliphatic heterocycles. The van der Waals surface area contributed by atoms with E-state index < -0.39 is 16.4 Å². The number of aliphatic imine (C=N–C) groups is 1. The summed E-state index contributed by atoms with van der Waals surface area (Å²) in [6, 6.07) is 0. The molecule has 0 aromatic heterocycles. The number of hydrogen-bond acceptors (Lipinski definition) is 4. The first-order chi connectivity index (χ1) is 8.57. The van der Waals surface area contributed by atoms with Crippen LogP contribution in [0.25, 0.3) is 0 Å². The highest BCUT2D eigenvalue weighted by Crippen LogP contribution is 2.22. The highest BCUT2D eigenvalue weighted by Gasteiger charge is 2.34. The summed E-state index contributed by atoms with van der Waals surface area (Å²) in [4.78, 5) is 14.1. The maximum Gasteiger partial charge on any atom is 0.283 e. The molecule has 0 saturated carbocycles. The van der Waals surface area contributed by atoms with Crippen molar-refractivity contribution < 1.29 is 13.2 Å². The molecule has 0 aromatic rings. The lowest BCUT2D eigenvalue weighted by Crippen LogP contribution is -2.47. The van der Waals surface area contributed by atoms with E-state index in [0.29, 0.717) is 26.1 Å². The molecule has 0 amide bonds. The minimum absolute atomic E-state index is 0.423. The van der Waals surface area contributed by atoms with Crippen molar-refractivity contribution in [2.75, 3.05) is 19.6 Å². The molecule has 18 heavy (non-hydrogen) atoms. The normalized spacial score (nSPS) is 22.5. The third-order valence-corrected chi connectivity index (χ3v) is 5.39. The summed E-state index contributed by atoms with van der Waals surface area (Å²) in [5, 5.41) is 0. The van der Waals surface area contributed by atoms with Crippen LogP contribution in [0, 0.1) is 0 Å². The first kappa shape index (κ1) is 15.3. The number of nitrogens with zero attached hydrogens (tertiary/aromatic N) is 3. The van der Waals surface area contributed by atoms with Gasteiger partial charge in [0, 0.05) is 19.6 Å². The Morgan fingerprint density at radius 3 is 2.50 bits per heavy atom. The summed E-state index contributed by atoms with van der Waals surface area (Å²) >= 11 is 0. The Morgan fingerprint density at radius 1 is 1.28 bits per heavy atom. The van der Waals surface area contributed by atoms with Crippen LogP contribution in [0.4, 0.5) is 0 Å². The highest BCUT2D eigenvalue weighted by atomic mass is 32.2. The van der Waals surface area contributed by atoms with Crippen molar-refractivity contribution in [3.8, 4) is 0 Å². The zero-order chi connectivity index (χ0) is 13.6. The lowest BCUT2D eigenvalue weighted by molar-refractivity contribution is 0.295. The Morgan fingerprint density at radius 2 is 1.94 bits per heavy atom. The van der Waals surface area contributed by atoms with Gasteiger partial charge in [-0.1, -0.05) is 20.3 Å². The molecular weight excluding hydrogens is 254 g/mol. The molecule has 1 aliphatic rings. The van der Waals surface area contributed by atoms with Gasteiger partial charge < -0.3 is 0 Å². The van der Waals surface area contributed by atoms with Crippen molar-refractivity contribution >= 4 is 16.3 Å². The van der Waals surface area contributed by atoms with Gasteiger partial charge in [0.15, 0.2) is 0 Å². The molecule has 104 valence electrons. The Hall–Kier alpha value is -0.750. The number of rotatable bonds is 5. The summed E-state index contributed by atoms with van der Waals surface area (Å²) in [6.07, 6.45) is 4.17. The molecule has 0 aromatic carbocycles. The fourth-order valence-corrected chi connectivity index (χ4v) is 3.99. The average molecular weight is 275 g/mol. The molecule has 1 heterocycles. The van der Waals surface area contributed by atoms with Crippen LogP contribution in [-0.2, 0) is 15.0 Å². The molecule has 0 N–H and O–H groups in total. The minimum atomic E-state index is -3.52. The second kappa shape index (κ2) is 6.99. The van der Waals surface area contributed by atoms with E-state index in [2.05, 4.69) is 4.99 Å². The molecule has 1 saturated heterocycles. The van der Waals surface area contributed by atoms with Crippen molar-refractivity contribution in [2.24, 2.45) is 4.99 Å². The number of isocyanates is 1. The topological polar surface area (TPSA) is 70.1 Å². The second-order valence-electron chi connectivity index (χ2n) is 4.25. The fraction of sp³-hybridized carbons (Fsp3) is 0.909. The third kappa shape index (κ3) is 3.38. The van der Waals surface area contributed by atoms with E-state index in [0.717, 1.165) is 19.3 Å². The predicted molar refractivity (Wildman–Crippen MR) is 68.9 cm³/mol. The number of carbonyl (C=O) groups excluding carboxylic acids is 1. The van der Waals surface area contributed by atoms with Gasteiger partial charge in [-0.15, -0.1) is 0 Å². The Labute approximate surface area is 109 Å². The fourth-order valence-electron chi connectivity index (χ4n) is 2.22. The van der Waals surface area contributed by atoms with Gasteiger partial charge in [0.2, 0.25) is 6.08 Å². The van der Waals surface area contributed by atoms with Crippen LogP contribution in [0.5, 0.6) is 0 Å². The minimum Gasteiger partial charge on any atom is -0.211 e. The predicted octanol–water partition coefficient (Wildman–Crippen LogP) is 1.11. The van der Waals surface area contributed by atoms with Gasteiger partial charge >= 0.3 is 0 Å². The monoisotopic (exact) mass is 275 g/mol. The zero-order valence-corrected chi connectivity index (χ0v) is 11.8. The lowest BCUT2D eigenvalue weighted by Gasteiger charge is -2.30. The standard InChI is InChI=1S/C11H21N3O3S/c1-3-13(4-2)18(16,17)14-9-7-5-6-8-11(14)12-10-15/h11H,3-9H2,1-2H3. The molecule has 1 fully saturated rings. The SMILES string of the molecule is CCN(CC)S(=O)(=O)N1CCCCCC1N=C=O. The molecule has 1 rings (SSSR count). The maximum atomic E-state index is 12.4. The highest BCUT2D eigenvalue weighted by molar-refractivity contribution is 7.86. The number of hydrogen-bond donors (Lipinski definition) is 0. The summed E-state index contributed by atoms with van der Waals surface area (Å²) in [7, 11) is -3.52. The van der Waals surface area contributed by atoms with Crippen molar-refractivity contribution in [1.82, 2.24) is 8.61 Å². The van der Waals surface area contributed by atoms with Crippen molar-refractivity contribution in [1.29, 1.82) is 0 Å². The van der Waals surface area contributed by atoms with E-state index in [1.807, 2.05) is 0 Å². The van der Waals surface area contributed by atoms with Gasteiger partial charge in [-0.05, 0) is 19.3 Å². The van der Waals surface area contributed by atoms with Crippen LogP contribution >= 0.6 is 0 Å². The molecular formula is C11H21N3O3S. The van der Waals surface area contributed by atoms with Crippen LogP contribution in [0.2, 0.25) is 0 Å². The van der Waals surface area contributed by atoms with E-state index in [1.165, 1.54) is 14.7 Å². The van der Waals surface area contributed by atoms with Crippen LogP contribution in [-0.4, -0.2) is 48.9 Å². The summed E-state index contributed by atoms with van der Waals surface area (Å²) in [5.41, 5.74) is 0. The smallest absolute Gasteiger partial charge is 0.211 e. The molecule has 6 nitrogen and oxygen atoms in total. The van der Waals surface area contributed by atoms with Gasteiger partial charge in [-0.2, -0.15) is 22.0 Å². The first-order valence-corrected chi connectivity index (χ1v) is 7.81. The zero-order valence-electron chi connectivity index (χ0n) is 11.0. The van der Waals surface area contributed by atoms with E-state index in [4.69, 9.17) is 0 Å². The summed E-state index contributed by atoms with van der Waals surface area (Å²) < 4.78 is 27.6. The average Bonchev–Trinajstić information content (AvgIpc) is 2.56. The third-order valence-electron chi connectivity index (χ3n) is 3.20. The largest absolute Gasteiger partial charge is 0.283 e. The second-order valence-corrected chi connectivity index (χ2v) is 6.13. The van der Waals surface area contributed by atoms with Gasteiger partial charge in [-0.3, -0.25) is 0 Å². The molecule has 0 spiro atoms. The van der Waals surface area contributed by atoms with Crippen molar-refractivity contribution in [3.63, 3.8) is 0 Å². The molecule has 0 radical (unpaired) electrons. The molecule has 0 aliphatic carbocycles. The van der Waals surface area contributed by atoms with E-state index >= 15 is 0 Å². The van der Waals surface area contributed by atoms with E-state index in [-0.39, 0.29) is 0 Å². The van der Waals surface area contributed by atoms with Gasteiger partial charge in [-0.25, -0.2) is 4.79 Å². The molecule has 1 atom stereocenters. The Bertz CT molecular complexity index is 400. The van der Waals surface area contributed by atoms with Gasteiger partial charge in [0.25, 0.3) is 10.2 Å². The van der Waals surface area contributed by atoms with E-state index in [1.54, 1.807) is 13.8 Å². The van der Waals surface area contributed by atoms with Crippen LogP contribution in [0.1, 0.15) is 39.5 Å². The van der Waals surface area contributed by atoms with Crippen LogP contribution in [0.3, 0.4) is 0 Å². The summed E-state index contributed by atoms with van der Waals surface area (Å²) in [6.45, 7) is 4.88. The Balaban J connectivity index is 3.03.